The van der Waals surface area contributed by atoms with Crippen LogP contribution in [0.3, 0.4) is 0 Å². The number of nitrogens with one attached hydrogen (secondary N) is 1. The van der Waals surface area contributed by atoms with E-state index in [0.29, 0.717) is 0 Å². The molecule has 0 aliphatic rings. The number of aryl methyl sites for hydroxylation is 2. The van der Waals surface area contributed by atoms with Crippen molar-refractivity contribution in [2.24, 2.45) is 7.05 Å². The number of rotatable bonds is 5. The van der Waals surface area contributed by atoms with Crippen LogP contribution in [0, 0.1) is 6.92 Å². The Labute approximate surface area is 123 Å². The van der Waals surface area contributed by atoms with E-state index in [4.69, 9.17) is 4.42 Å². The lowest BCUT2D eigenvalue weighted by Gasteiger charge is -2.17. The molecule has 5 nitrogen and oxygen atoms in total. The lowest BCUT2D eigenvalue weighted by atomic mass is 10.1. The Morgan fingerprint density at radius 3 is 2.90 bits per heavy atom. The summed E-state index contributed by atoms with van der Waals surface area (Å²) in [6.45, 7) is 2.79. The van der Waals surface area contributed by atoms with Crippen molar-refractivity contribution < 1.29 is 4.42 Å². The summed E-state index contributed by atoms with van der Waals surface area (Å²) in [5.74, 6) is 1.78. The summed E-state index contributed by atoms with van der Waals surface area (Å²) in [6, 6.07) is 5.81. The molecule has 3 heterocycles. The highest BCUT2D eigenvalue weighted by molar-refractivity contribution is 5.23. The van der Waals surface area contributed by atoms with E-state index in [2.05, 4.69) is 22.2 Å². The highest BCUT2D eigenvalue weighted by Crippen LogP contribution is 2.21. The summed E-state index contributed by atoms with van der Waals surface area (Å²) in [6.07, 6.45) is 9.10. The van der Waals surface area contributed by atoms with Gasteiger partial charge in [-0.2, -0.15) is 0 Å². The quantitative estimate of drug-likeness (QED) is 0.781. The summed E-state index contributed by atoms with van der Waals surface area (Å²) >= 11 is 0. The van der Waals surface area contributed by atoms with Crippen molar-refractivity contribution in [3.8, 4) is 0 Å². The van der Waals surface area contributed by atoms with E-state index >= 15 is 0 Å². The number of hydrogen-bond acceptors (Lipinski definition) is 4. The van der Waals surface area contributed by atoms with Gasteiger partial charge in [-0.1, -0.05) is 0 Å². The molecule has 3 rings (SSSR count). The first-order valence-corrected chi connectivity index (χ1v) is 6.89. The lowest BCUT2D eigenvalue weighted by Crippen LogP contribution is -2.24. The molecule has 108 valence electrons. The Bertz CT molecular complexity index is 703. The van der Waals surface area contributed by atoms with Crippen LogP contribution >= 0.6 is 0 Å². The molecule has 0 saturated carbocycles. The lowest BCUT2D eigenvalue weighted by molar-refractivity contribution is 0.429. The van der Waals surface area contributed by atoms with Crippen LogP contribution in [-0.4, -0.2) is 14.5 Å². The number of aromatic nitrogens is 3. The van der Waals surface area contributed by atoms with Gasteiger partial charge < -0.3 is 8.98 Å². The zero-order chi connectivity index (χ0) is 14.7. The topological polar surface area (TPSA) is 55.9 Å². The van der Waals surface area contributed by atoms with Crippen LogP contribution in [0.4, 0.5) is 0 Å². The van der Waals surface area contributed by atoms with E-state index in [1.807, 2.05) is 48.4 Å². The fraction of sp³-hybridized carbons (Fsp3) is 0.250. The summed E-state index contributed by atoms with van der Waals surface area (Å²) in [5.41, 5.74) is 2.39. The fourth-order valence-corrected chi connectivity index (χ4v) is 2.34. The van der Waals surface area contributed by atoms with Gasteiger partial charge in [0.15, 0.2) is 0 Å². The number of nitrogens with zero attached hydrogens (tertiary/aromatic N) is 3. The molecular weight excluding hydrogens is 264 g/mol. The fourth-order valence-electron chi connectivity index (χ4n) is 2.34. The van der Waals surface area contributed by atoms with Crippen molar-refractivity contribution in [1.82, 2.24) is 19.9 Å². The second-order valence-corrected chi connectivity index (χ2v) is 5.03. The van der Waals surface area contributed by atoms with Gasteiger partial charge in [-0.15, -0.1) is 0 Å². The first kappa shape index (κ1) is 13.6. The highest BCUT2D eigenvalue weighted by Gasteiger charge is 2.20. The normalized spacial score (nSPS) is 12.5. The maximum atomic E-state index is 5.56. The summed E-state index contributed by atoms with van der Waals surface area (Å²) in [5, 5.41) is 3.52. The monoisotopic (exact) mass is 282 g/mol. The van der Waals surface area contributed by atoms with E-state index in [-0.39, 0.29) is 6.04 Å². The molecule has 0 radical (unpaired) electrons. The van der Waals surface area contributed by atoms with Crippen molar-refractivity contribution in [3.05, 3.63) is 72.0 Å². The molecule has 0 bridgehead atoms. The van der Waals surface area contributed by atoms with Gasteiger partial charge in [-0.3, -0.25) is 10.3 Å². The van der Waals surface area contributed by atoms with Crippen LogP contribution in [0.25, 0.3) is 0 Å². The third-order valence-corrected chi connectivity index (χ3v) is 3.58. The zero-order valence-corrected chi connectivity index (χ0v) is 12.2. The molecular formula is C16H18N4O. The van der Waals surface area contributed by atoms with Crippen molar-refractivity contribution >= 4 is 0 Å². The zero-order valence-electron chi connectivity index (χ0n) is 12.2. The average Bonchev–Trinajstić information content (AvgIpc) is 3.14. The predicted octanol–water partition coefficient (Wildman–Crippen LogP) is 2.60. The molecule has 3 aromatic rings. The van der Waals surface area contributed by atoms with Gasteiger partial charge in [-0.25, -0.2) is 4.98 Å². The number of furan rings is 1. The molecule has 0 amide bonds. The SMILES string of the molecule is Cc1cnccc1CNC(c1ccco1)c1nccn1C. The van der Waals surface area contributed by atoms with Crippen molar-refractivity contribution in [3.63, 3.8) is 0 Å². The van der Waals surface area contributed by atoms with Gasteiger partial charge in [0.1, 0.15) is 17.6 Å². The molecule has 0 aliphatic carbocycles. The Kier molecular flexibility index (Phi) is 3.83. The van der Waals surface area contributed by atoms with Gasteiger partial charge in [0, 0.05) is 38.4 Å². The molecule has 0 aromatic carbocycles. The Morgan fingerprint density at radius 2 is 2.24 bits per heavy atom. The minimum absolute atomic E-state index is 0.0763. The smallest absolute Gasteiger partial charge is 0.133 e. The van der Waals surface area contributed by atoms with Gasteiger partial charge in [0.25, 0.3) is 0 Å². The van der Waals surface area contributed by atoms with Crippen molar-refractivity contribution in [2.75, 3.05) is 0 Å². The minimum Gasteiger partial charge on any atom is -0.467 e. The first-order valence-electron chi connectivity index (χ1n) is 6.89. The van der Waals surface area contributed by atoms with E-state index in [9.17, 15) is 0 Å². The van der Waals surface area contributed by atoms with Gasteiger partial charge in [0.05, 0.1) is 6.26 Å². The van der Waals surface area contributed by atoms with Gasteiger partial charge in [0.2, 0.25) is 0 Å². The van der Waals surface area contributed by atoms with E-state index < -0.39 is 0 Å². The molecule has 21 heavy (non-hydrogen) atoms. The predicted molar refractivity (Wildman–Crippen MR) is 79.6 cm³/mol. The van der Waals surface area contributed by atoms with Crippen LogP contribution in [0.1, 0.15) is 28.8 Å². The molecule has 1 unspecified atom stereocenters. The molecule has 1 atom stereocenters. The number of hydrogen-bond donors (Lipinski definition) is 1. The number of pyridine rings is 1. The Hall–Kier alpha value is -2.40. The van der Waals surface area contributed by atoms with Crippen molar-refractivity contribution in [1.29, 1.82) is 0 Å². The third kappa shape index (κ3) is 2.87. The molecule has 0 saturated heterocycles. The van der Waals surface area contributed by atoms with Crippen molar-refractivity contribution in [2.45, 2.75) is 19.5 Å². The Balaban J connectivity index is 1.84. The van der Waals surface area contributed by atoms with E-state index in [1.54, 1.807) is 12.5 Å². The van der Waals surface area contributed by atoms with E-state index in [1.165, 1.54) is 11.1 Å². The molecule has 0 fully saturated rings. The molecule has 5 heteroatoms. The standard InChI is InChI=1S/C16H18N4O/c1-12-10-17-6-5-13(12)11-19-15(14-4-3-9-21-14)16-18-7-8-20(16)2/h3-10,15,19H,11H2,1-2H3. The van der Waals surface area contributed by atoms with Gasteiger partial charge >= 0.3 is 0 Å². The van der Waals surface area contributed by atoms with E-state index in [0.717, 1.165) is 18.1 Å². The average molecular weight is 282 g/mol. The second-order valence-electron chi connectivity index (χ2n) is 5.03. The summed E-state index contributed by atoms with van der Waals surface area (Å²) in [4.78, 5) is 8.56. The summed E-state index contributed by atoms with van der Waals surface area (Å²) < 4.78 is 7.56. The molecule has 0 aliphatic heterocycles. The minimum atomic E-state index is -0.0763. The maximum absolute atomic E-state index is 5.56. The van der Waals surface area contributed by atoms with Crippen LogP contribution < -0.4 is 5.32 Å². The molecule has 1 N–H and O–H groups in total. The highest BCUT2D eigenvalue weighted by atomic mass is 16.3. The van der Waals surface area contributed by atoms with Crippen LogP contribution in [0.2, 0.25) is 0 Å². The van der Waals surface area contributed by atoms with Crippen LogP contribution in [-0.2, 0) is 13.6 Å². The third-order valence-electron chi connectivity index (χ3n) is 3.58. The largest absolute Gasteiger partial charge is 0.467 e. The molecule has 3 aromatic heterocycles. The van der Waals surface area contributed by atoms with Crippen LogP contribution in [0.5, 0.6) is 0 Å². The van der Waals surface area contributed by atoms with Gasteiger partial charge in [-0.05, 0) is 36.2 Å². The summed E-state index contributed by atoms with van der Waals surface area (Å²) in [7, 11) is 1.98. The second kappa shape index (κ2) is 5.93. The number of imidazole rings is 1. The Morgan fingerprint density at radius 1 is 1.33 bits per heavy atom. The molecule has 0 spiro atoms. The van der Waals surface area contributed by atoms with Crippen LogP contribution in [0.15, 0.2) is 53.7 Å². The maximum Gasteiger partial charge on any atom is 0.133 e. The first-order chi connectivity index (χ1) is 10.3.